The van der Waals surface area contributed by atoms with Crippen molar-refractivity contribution in [3.63, 3.8) is 0 Å². The van der Waals surface area contributed by atoms with Gasteiger partial charge in [-0.25, -0.2) is 4.98 Å². The van der Waals surface area contributed by atoms with Gasteiger partial charge in [-0.1, -0.05) is 0 Å². The molecular formula is C13H13F3N2O. The first-order chi connectivity index (χ1) is 8.86. The lowest BCUT2D eigenvalue weighted by molar-refractivity contribution is -0.137. The Bertz CT molecular complexity index is 558. The summed E-state index contributed by atoms with van der Waals surface area (Å²) in [6.07, 6.45) is -2.47. The van der Waals surface area contributed by atoms with Crippen molar-refractivity contribution >= 4 is 0 Å². The highest BCUT2D eigenvalue weighted by atomic mass is 19.4. The summed E-state index contributed by atoms with van der Waals surface area (Å²) >= 11 is 0. The lowest BCUT2D eigenvalue weighted by atomic mass is 10.2. The Labute approximate surface area is 108 Å². The number of ether oxygens (including phenoxy) is 1. The fourth-order valence-corrected chi connectivity index (χ4v) is 1.69. The number of aryl methyl sites for hydroxylation is 2. The van der Waals surface area contributed by atoms with Crippen molar-refractivity contribution in [3.8, 4) is 5.75 Å². The summed E-state index contributed by atoms with van der Waals surface area (Å²) in [6, 6.07) is 4.61. The maximum absolute atomic E-state index is 12.4. The van der Waals surface area contributed by atoms with Crippen LogP contribution in [-0.2, 0) is 19.8 Å². The second-order valence-electron chi connectivity index (χ2n) is 4.22. The van der Waals surface area contributed by atoms with Crippen molar-refractivity contribution in [1.82, 2.24) is 9.55 Å². The molecule has 102 valence electrons. The number of halogens is 3. The van der Waals surface area contributed by atoms with E-state index in [1.165, 1.54) is 12.1 Å². The number of aromatic nitrogens is 2. The summed E-state index contributed by atoms with van der Waals surface area (Å²) in [6.45, 7) is 2.08. The van der Waals surface area contributed by atoms with Gasteiger partial charge in [0.05, 0.1) is 11.3 Å². The number of hydrogen-bond acceptors (Lipinski definition) is 2. The van der Waals surface area contributed by atoms with Gasteiger partial charge in [-0.05, 0) is 31.2 Å². The fraction of sp³-hybridized carbons (Fsp3) is 0.308. The lowest BCUT2D eigenvalue weighted by Crippen LogP contribution is -2.05. The third-order valence-electron chi connectivity index (χ3n) is 2.64. The highest BCUT2D eigenvalue weighted by Gasteiger charge is 2.29. The molecule has 0 radical (unpaired) electrons. The molecule has 0 saturated heterocycles. The number of hydrogen-bond donors (Lipinski definition) is 0. The largest absolute Gasteiger partial charge is 0.486 e. The standard InChI is InChI=1S/C13H13F3N2O/c1-9-7-18(2)12(17-9)8-19-11-5-3-10(4-6-11)13(14,15)16/h3-7H,8H2,1-2H3. The topological polar surface area (TPSA) is 27.1 Å². The van der Waals surface area contributed by atoms with Crippen LogP contribution in [0.4, 0.5) is 13.2 Å². The molecule has 0 N–H and O–H groups in total. The maximum atomic E-state index is 12.4. The van der Waals surface area contributed by atoms with E-state index in [0.717, 1.165) is 23.7 Å². The molecule has 0 amide bonds. The molecule has 0 aliphatic rings. The molecule has 0 bridgehead atoms. The average Bonchev–Trinajstić information content (AvgIpc) is 2.65. The smallest absolute Gasteiger partial charge is 0.416 e. The van der Waals surface area contributed by atoms with Crippen LogP contribution < -0.4 is 4.74 Å². The number of alkyl halides is 3. The minimum absolute atomic E-state index is 0.218. The second kappa shape index (κ2) is 4.95. The molecular weight excluding hydrogens is 257 g/mol. The van der Waals surface area contributed by atoms with Crippen LogP contribution in [0.5, 0.6) is 5.75 Å². The van der Waals surface area contributed by atoms with Gasteiger partial charge >= 0.3 is 6.18 Å². The van der Waals surface area contributed by atoms with Gasteiger partial charge in [0.2, 0.25) is 0 Å². The summed E-state index contributed by atoms with van der Waals surface area (Å²) < 4.78 is 44.3. The van der Waals surface area contributed by atoms with E-state index in [2.05, 4.69) is 4.98 Å². The summed E-state index contributed by atoms with van der Waals surface area (Å²) in [7, 11) is 1.84. The van der Waals surface area contributed by atoms with Gasteiger partial charge in [-0.3, -0.25) is 0 Å². The Morgan fingerprint density at radius 1 is 1.21 bits per heavy atom. The van der Waals surface area contributed by atoms with E-state index in [1.54, 1.807) is 0 Å². The molecule has 0 atom stereocenters. The Morgan fingerprint density at radius 2 is 1.84 bits per heavy atom. The van der Waals surface area contributed by atoms with E-state index in [-0.39, 0.29) is 6.61 Å². The molecule has 0 spiro atoms. The van der Waals surface area contributed by atoms with Crippen LogP contribution in [0.3, 0.4) is 0 Å². The van der Waals surface area contributed by atoms with Gasteiger partial charge < -0.3 is 9.30 Å². The van der Waals surface area contributed by atoms with Gasteiger partial charge in [-0.2, -0.15) is 13.2 Å². The average molecular weight is 270 g/mol. The molecule has 1 aromatic heterocycles. The Hall–Kier alpha value is -1.98. The normalized spacial score (nSPS) is 11.6. The molecule has 19 heavy (non-hydrogen) atoms. The molecule has 0 unspecified atom stereocenters. The van der Waals surface area contributed by atoms with Crippen LogP contribution in [0.25, 0.3) is 0 Å². The minimum atomic E-state index is -4.32. The number of rotatable bonds is 3. The third kappa shape index (κ3) is 3.27. The van der Waals surface area contributed by atoms with E-state index in [9.17, 15) is 13.2 Å². The predicted octanol–water partition coefficient (Wildman–Crippen LogP) is 3.33. The molecule has 0 fully saturated rings. The van der Waals surface area contributed by atoms with Crippen LogP contribution in [0, 0.1) is 6.92 Å². The van der Waals surface area contributed by atoms with Crippen LogP contribution in [0.15, 0.2) is 30.5 Å². The molecule has 0 aliphatic carbocycles. The highest BCUT2D eigenvalue weighted by Crippen LogP contribution is 2.30. The number of nitrogens with zero attached hydrogens (tertiary/aromatic N) is 2. The summed E-state index contributed by atoms with van der Waals surface area (Å²) in [5.41, 5.74) is 0.182. The van der Waals surface area contributed by atoms with Gasteiger partial charge in [0.1, 0.15) is 18.2 Å². The van der Waals surface area contributed by atoms with Gasteiger partial charge in [0, 0.05) is 13.2 Å². The molecule has 0 aliphatic heterocycles. The molecule has 1 aromatic carbocycles. The van der Waals surface area contributed by atoms with Crippen molar-refractivity contribution in [1.29, 1.82) is 0 Å². The third-order valence-corrected chi connectivity index (χ3v) is 2.64. The Kier molecular flexibility index (Phi) is 3.50. The first-order valence-corrected chi connectivity index (χ1v) is 5.65. The van der Waals surface area contributed by atoms with Crippen molar-refractivity contribution in [3.05, 3.63) is 47.5 Å². The van der Waals surface area contributed by atoms with Gasteiger partial charge in [-0.15, -0.1) is 0 Å². The molecule has 0 saturated carbocycles. The zero-order valence-electron chi connectivity index (χ0n) is 10.5. The van der Waals surface area contributed by atoms with E-state index in [1.807, 2.05) is 24.7 Å². The highest BCUT2D eigenvalue weighted by molar-refractivity contribution is 5.28. The summed E-state index contributed by atoms with van der Waals surface area (Å²) in [5.74, 6) is 1.10. The zero-order chi connectivity index (χ0) is 14.0. The first-order valence-electron chi connectivity index (χ1n) is 5.65. The fourth-order valence-electron chi connectivity index (χ4n) is 1.69. The Balaban J connectivity index is 2.02. The second-order valence-corrected chi connectivity index (χ2v) is 4.22. The Morgan fingerprint density at radius 3 is 2.32 bits per heavy atom. The zero-order valence-corrected chi connectivity index (χ0v) is 10.5. The van der Waals surface area contributed by atoms with Crippen LogP contribution in [-0.4, -0.2) is 9.55 Å². The monoisotopic (exact) mass is 270 g/mol. The van der Waals surface area contributed by atoms with E-state index < -0.39 is 11.7 Å². The van der Waals surface area contributed by atoms with Crippen LogP contribution >= 0.6 is 0 Å². The number of imidazole rings is 1. The minimum Gasteiger partial charge on any atom is -0.486 e. The summed E-state index contributed by atoms with van der Waals surface area (Å²) in [4.78, 5) is 4.24. The van der Waals surface area contributed by atoms with Crippen LogP contribution in [0.2, 0.25) is 0 Å². The molecule has 6 heteroatoms. The maximum Gasteiger partial charge on any atom is 0.416 e. The quantitative estimate of drug-likeness (QED) is 0.855. The molecule has 1 heterocycles. The van der Waals surface area contributed by atoms with Crippen molar-refractivity contribution in [2.45, 2.75) is 19.7 Å². The van der Waals surface area contributed by atoms with Gasteiger partial charge in [0.25, 0.3) is 0 Å². The SMILES string of the molecule is Cc1cn(C)c(COc2ccc(C(F)(F)F)cc2)n1. The predicted molar refractivity (Wildman–Crippen MR) is 63.7 cm³/mol. The van der Waals surface area contributed by atoms with Crippen molar-refractivity contribution in [2.75, 3.05) is 0 Å². The van der Waals surface area contributed by atoms with Crippen LogP contribution in [0.1, 0.15) is 17.1 Å². The number of benzene rings is 1. The van der Waals surface area contributed by atoms with E-state index in [4.69, 9.17) is 4.74 Å². The molecule has 3 nitrogen and oxygen atoms in total. The van der Waals surface area contributed by atoms with Crippen molar-refractivity contribution < 1.29 is 17.9 Å². The van der Waals surface area contributed by atoms with E-state index >= 15 is 0 Å². The van der Waals surface area contributed by atoms with Crippen molar-refractivity contribution in [2.24, 2.45) is 7.05 Å². The van der Waals surface area contributed by atoms with Gasteiger partial charge in [0.15, 0.2) is 0 Å². The first kappa shape index (κ1) is 13.5. The lowest BCUT2D eigenvalue weighted by Gasteiger charge is -2.09. The molecule has 2 rings (SSSR count). The summed E-state index contributed by atoms with van der Waals surface area (Å²) in [5, 5.41) is 0. The van der Waals surface area contributed by atoms with E-state index in [0.29, 0.717) is 5.75 Å². The molecule has 2 aromatic rings.